The monoisotopic (exact) mass is 306 g/mol. The van der Waals surface area contributed by atoms with Gasteiger partial charge in [-0.3, -0.25) is 0 Å². The molecule has 2 rings (SSSR count). The highest BCUT2D eigenvalue weighted by atomic mass is 16.6. The van der Waals surface area contributed by atoms with Crippen LogP contribution < -0.4 is 5.32 Å². The van der Waals surface area contributed by atoms with Crippen molar-refractivity contribution in [1.82, 2.24) is 4.90 Å². The van der Waals surface area contributed by atoms with Crippen molar-refractivity contribution in [1.29, 1.82) is 0 Å². The minimum atomic E-state index is -0.458. The van der Waals surface area contributed by atoms with Gasteiger partial charge in [-0.2, -0.15) is 0 Å². The van der Waals surface area contributed by atoms with E-state index in [1.54, 1.807) is 11.0 Å². The first-order valence-corrected chi connectivity index (χ1v) is 7.79. The summed E-state index contributed by atoms with van der Waals surface area (Å²) in [6.07, 6.45) is 1.43. The Hall–Kier alpha value is -1.91. The van der Waals surface area contributed by atoms with Crippen LogP contribution in [-0.4, -0.2) is 40.8 Å². The topological polar surface area (TPSA) is 61.8 Å². The molecular weight excluding hydrogens is 280 g/mol. The Labute approximate surface area is 132 Å². The molecule has 1 aromatic rings. The standard InChI is InChI=1S/C17H26N2O3/c1-12-5-6-14(15(20)11-12)18-13-7-9-19(10-8-13)16(21)22-17(2,3)4/h5-6,11,13,18,20H,7-10H2,1-4H3. The van der Waals surface area contributed by atoms with Gasteiger partial charge in [-0.25, -0.2) is 4.79 Å². The summed E-state index contributed by atoms with van der Waals surface area (Å²) in [5.41, 5.74) is 1.32. The molecular formula is C17H26N2O3. The molecule has 0 aromatic heterocycles. The molecule has 1 heterocycles. The normalized spacial score (nSPS) is 16.5. The average Bonchev–Trinajstić information content (AvgIpc) is 2.41. The van der Waals surface area contributed by atoms with Crippen molar-refractivity contribution in [2.24, 2.45) is 0 Å². The average molecular weight is 306 g/mol. The summed E-state index contributed by atoms with van der Waals surface area (Å²) < 4.78 is 5.39. The summed E-state index contributed by atoms with van der Waals surface area (Å²) in [5.74, 6) is 0.273. The largest absolute Gasteiger partial charge is 0.506 e. The Balaban J connectivity index is 1.86. The van der Waals surface area contributed by atoms with Crippen molar-refractivity contribution in [2.75, 3.05) is 18.4 Å². The zero-order valence-electron chi connectivity index (χ0n) is 13.8. The number of piperidine rings is 1. The molecule has 0 saturated carbocycles. The third-order valence-corrected chi connectivity index (χ3v) is 3.66. The lowest BCUT2D eigenvalue weighted by atomic mass is 10.0. The van der Waals surface area contributed by atoms with Crippen LogP contribution in [0, 0.1) is 6.92 Å². The second-order valence-electron chi connectivity index (χ2n) is 6.91. The van der Waals surface area contributed by atoms with Crippen LogP contribution in [0.4, 0.5) is 10.5 Å². The van der Waals surface area contributed by atoms with E-state index in [0.29, 0.717) is 13.1 Å². The molecule has 0 aliphatic carbocycles. The number of phenolic OH excluding ortho intramolecular Hbond substituents is 1. The first-order valence-electron chi connectivity index (χ1n) is 7.79. The minimum Gasteiger partial charge on any atom is -0.506 e. The zero-order valence-corrected chi connectivity index (χ0v) is 13.8. The van der Waals surface area contributed by atoms with Gasteiger partial charge < -0.3 is 20.1 Å². The number of likely N-dealkylation sites (tertiary alicyclic amines) is 1. The number of ether oxygens (including phenoxy) is 1. The summed E-state index contributed by atoms with van der Waals surface area (Å²) in [6, 6.07) is 5.87. The molecule has 5 heteroatoms. The van der Waals surface area contributed by atoms with Crippen molar-refractivity contribution < 1.29 is 14.6 Å². The number of rotatable bonds is 2. The lowest BCUT2D eigenvalue weighted by Gasteiger charge is -2.34. The Morgan fingerprint density at radius 3 is 2.50 bits per heavy atom. The molecule has 1 aliphatic rings. The fourth-order valence-electron chi connectivity index (χ4n) is 2.52. The van der Waals surface area contributed by atoms with Gasteiger partial charge >= 0.3 is 6.09 Å². The Kier molecular flexibility index (Phi) is 4.84. The number of hydrogen-bond acceptors (Lipinski definition) is 4. The van der Waals surface area contributed by atoms with Crippen LogP contribution in [0.15, 0.2) is 18.2 Å². The van der Waals surface area contributed by atoms with E-state index in [4.69, 9.17) is 4.74 Å². The van der Waals surface area contributed by atoms with Gasteiger partial charge in [0.25, 0.3) is 0 Å². The van der Waals surface area contributed by atoms with Gasteiger partial charge in [0, 0.05) is 19.1 Å². The number of carbonyl (C=O) groups excluding carboxylic acids is 1. The van der Waals surface area contributed by atoms with Gasteiger partial charge in [0.05, 0.1) is 5.69 Å². The lowest BCUT2D eigenvalue weighted by Crippen LogP contribution is -2.44. The van der Waals surface area contributed by atoms with Crippen LogP contribution in [0.5, 0.6) is 5.75 Å². The van der Waals surface area contributed by atoms with Gasteiger partial charge in [0.15, 0.2) is 0 Å². The fraction of sp³-hybridized carbons (Fsp3) is 0.588. The molecule has 5 nitrogen and oxygen atoms in total. The van der Waals surface area contributed by atoms with Crippen LogP contribution in [0.3, 0.4) is 0 Å². The van der Waals surface area contributed by atoms with E-state index in [-0.39, 0.29) is 17.9 Å². The van der Waals surface area contributed by atoms with Crippen LogP contribution in [-0.2, 0) is 4.74 Å². The quantitative estimate of drug-likeness (QED) is 0.821. The molecule has 0 spiro atoms. The number of nitrogens with zero attached hydrogens (tertiary/aromatic N) is 1. The fourth-order valence-corrected chi connectivity index (χ4v) is 2.52. The minimum absolute atomic E-state index is 0.246. The van der Waals surface area contributed by atoms with E-state index < -0.39 is 5.60 Å². The molecule has 1 amide bonds. The van der Waals surface area contributed by atoms with Crippen molar-refractivity contribution in [3.63, 3.8) is 0 Å². The van der Waals surface area contributed by atoms with E-state index in [0.717, 1.165) is 24.1 Å². The summed E-state index contributed by atoms with van der Waals surface area (Å²) in [4.78, 5) is 13.8. The number of phenols is 1. The smallest absolute Gasteiger partial charge is 0.410 e. The molecule has 0 radical (unpaired) electrons. The van der Waals surface area contributed by atoms with E-state index in [1.807, 2.05) is 39.8 Å². The number of hydrogen-bond donors (Lipinski definition) is 2. The van der Waals surface area contributed by atoms with Crippen molar-refractivity contribution in [3.8, 4) is 5.75 Å². The molecule has 1 aliphatic heterocycles. The van der Waals surface area contributed by atoms with Crippen molar-refractivity contribution in [3.05, 3.63) is 23.8 Å². The zero-order chi connectivity index (χ0) is 16.3. The number of aryl methyl sites for hydroxylation is 1. The van der Waals surface area contributed by atoms with Gasteiger partial charge in [0.2, 0.25) is 0 Å². The first kappa shape index (κ1) is 16.5. The second kappa shape index (κ2) is 6.46. The summed E-state index contributed by atoms with van der Waals surface area (Å²) in [6.45, 7) is 8.90. The number of aromatic hydroxyl groups is 1. The number of nitrogens with one attached hydrogen (secondary N) is 1. The van der Waals surface area contributed by atoms with Crippen molar-refractivity contribution >= 4 is 11.8 Å². The Bertz CT molecular complexity index is 529. The maximum atomic E-state index is 12.0. The SMILES string of the molecule is Cc1ccc(NC2CCN(C(=O)OC(C)(C)C)CC2)c(O)c1. The van der Waals surface area contributed by atoms with E-state index in [2.05, 4.69) is 5.32 Å². The number of amides is 1. The van der Waals surface area contributed by atoms with Crippen molar-refractivity contribution in [2.45, 2.75) is 52.2 Å². The summed E-state index contributed by atoms with van der Waals surface area (Å²) in [5, 5.41) is 13.3. The molecule has 0 unspecified atom stereocenters. The van der Waals surface area contributed by atoms with Gasteiger partial charge in [-0.1, -0.05) is 6.07 Å². The molecule has 122 valence electrons. The molecule has 1 aromatic carbocycles. The van der Waals surface area contributed by atoms with Gasteiger partial charge in [0.1, 0.15) is 11.4 Å². The highest BCUT2D eigenvalue weighted by molar-refractivity contribution is 5.68. The molecule has 2 N–H and O–H groups in total. The number of anilines is 1. The van der Waals surface area contributed by atoms with Crippen LogP contribution >= 0.6 is 0 Å². The second-order valence-corrected chi connectivity index (χ2v) is 6.91. The highest BCUT2D eigenvalue weighted by Gasteiger charge is 2.27. The predicted molar refractivity (Wildman–Crippen MR) is 87.3 cm³/mol. The maximum absolute atomic E-state index is 12.0. The lowest BCUT2D eigenvalue weighted by molar-refractivity contribution is 0.0210. The highest BCUT2D eigenvalue weighted by Crippen LogP contribution is 2.26. The Morgan fingerprint density at radius 1 is 1.32 bits per heavy atom. The third kappa shape index (κ3) is 4.55. The maximum Gasteiger partial charge on any atom is 0.410 e. The Morgan fingerprint density at radius 2 is 1.95 bits per heavy atom. The molecule has 0 atom stereocenters. The molecule has 1 saturated heterocycles. The van der Waals surface area contributed by atoms with E-state index in [1.165, 1.54) is 0 Å². The van der Waals surface area contributed by atoms with E-state index >= 15 is 0 Å². The predicted octanol–water partition coefficient (Wildman–Crippen LogP) is 3.51. The first-order chi connectivity index (χ1) is 10.2. The third-order valence-electron chi connectivity index (χ3n) is 3.66. The van der Waals surface area contributed by atoms with Gasteiger partial charge in [-0.15, -0.1) is 0 Å². The summed E-state index contributed by atoms with van der Waals surface area (Å²) >= 11 is 0. The van der Waals surface area contributed by atoms with Crippen LogP contribution in [0.25, 0.3) is 0 Å². The van der Waals surface area contributed by atoms with Crippen LogP contribution in [0.2, 0.25) is 0 Å². The molecule has 22 heavy (non-hydrogen) atoms. The van der Waals surface area contributed by atoms with E-state index in [9.17, 15) is 9.90 Å². The van der Waals surface area contributed by atoms with Crippen LogP contribution in [0.1, 0.15) is 39.2 Å². The molecule has 1 fully saturated rings. The van der Waals surface area contributed by atoms with Gasteiger partial charge in [-0.05, 0) is 58.2 Å². The number of carbonyl (C=O) groups is 1. The number of benzene rings is 1. The molecule has 0 bridgehead atoms. The summed E-state index contributed by atoms with van der Waals surface area (Å²) in [7, 11) is 0.